The summed E-state index contributed by atoms with van der Waals surface area (Å²) in [6.07, 6.45) is 5.22. The van der Waals surface area contributed by atoms with Crippen molar-refractivity contribution >= 4 is 38.9 Å². The number of anilines is 1. The first kappa shape index (κ1) is 23.7. The lowest BCUT2D eigenvalue weighted by molar-refractivity contribution is -0.385. The zero-order chi connectivity index (χ0) is 24.7. The summed E-state index contributed by atoms with van der Waals surface area (Å²) < 4.78 is 12.6. The first-order valence-corrected chi connectivity index (χ1v) is 12.5. The summed E-state index contributed by atoms with van der Waals surface area (Å²) >= 11 is 9.97. The Labute approximate surface area is 217 Å². The first-order chi connectivity index (χ1) is 16.9. The molecule has 3 aromatic carbocycles. The van der Waals surface area contributed by atoms with E-state index in [-0.39, 0.29) is 28.5 Å². The second kappa shape index (κ2) is 9.55. The van der Waals surface area contributed by atoms with Crippen LogP contribution in [0.1, 0.15) is 40.6 Å². The molecule has 1 aliphatic carbocycles. The van der Waals surface area contributed by atoms with E-state index < -0.39 is 0 Å². The van der Waals surface area contributed by atoms with Crippen molar-refractivity contribution in [3.8, 4) is 11.5 Å². The van der Waals surface area contributed by atoms with Crippen molar-refractivity contribution in [2.24, 2.45) is 5.92 Å². The molecule has 0 spiro atoms. The molecule has 6 nitrogen and oxygen atoms in total. The average molecular weight is 556 g/mol. The lowest BCUT2D eigenvalue weighted by Gasteiger charge is -2.38. The molecule has 0 bridgehead atoms. The summed E-state index contributed by atoms with van der Waals surface area (Å²) in [5, 5.41) is 15.8. The molecule has 35 heavy (non-hydrogen) atoms. The quantitative estimate of drug-likeness (QED) is 0.191. The number of nitro groups is 1. The number of fused-ring (bicyclic) bond motifs is 3. The molecule has 0 saturated heterocycles. The van der Waals surface area contributed by atoms with Gasteiger partial charge >= 0.3 is 0 Å². The third kappa shape index (κ3) is 4.39. The van der Waals surface area contributed by atoms with Gasteiger partial charge in [-0.05, 0) is 70.1 Å². The number of allylic oxidation sites excluding steroid dienone is 2. The number of hydrogen-bond acceptors (Lipinski definition) is 5. The third-order valence-electron chi connectivity index (χ3n) is 6.80. The van der Waals surface area contributed by atoms with Crippen molar-refractivity contribution in [3.63, 3.8) is 0 Å². The highest BCUT2D eigenvalue weighted by atomic mass is 79.9. The Morgan fingerprint density at radius 2 is 2.03 bits per heavy atom. The van der Waals surface area contributed by atoms with Gasteiger partial charge < -0.3 is 14.8 Å². The van der Waals surface area contributed by atoms with E-state index in [1.165, 1.54) is 0 Å². The Bertz CT molecular complexity index is 1340. The van der Waals surface area contributed by atoms with Crippen LogP contribution in [0.4, 0.5) is 11.4 Å². The number of halogens is 2. The van der Waals surface area contributed by atoms with Crippen molar-refractivity contribution in [1.29, 1.82) is 0 Å². The maximum absolute atomic E-state index is 11.4. The van der Waals surface area contributed by atoms with Gasteiger partial charge in [-0.25, -0.2) is 0 Å². The average Bonchev–Trinajstić information content (AvgIpc) is 3.33. The molecular weight excluding hydrogens is 532 g/mol. The van der Waals surface area contributed by atoms with Gasteiger partial charge in [0.15, 0.2) is 11.5 Å². The topological polar surface area (TPSA) is 73.6 Å². The minimum atomic E-state index is -0.323. The number of nitrogens with one attached hydrogen (secondary N) is 1. The minimum Gasteiger partial charge on any atom is -0.493 e. The second-order valence-corrected chi connectivity index (χ2v) is 10.1. The minimum absolute atomic E-state index is 0.00507. The molecule has 8 heteroatoms. The Balaban J connectivity index is 1.49. The molecule has 1 aliphatic heterocycles. The third-order valence-corrected chi connectivity index (χ3v) is 7.76. The summed E-state index contributed by atoms with van der Waals surface area (Å²) in [6.45, 7) is 2.23. The van der Waals surface area contributed by atoms with E-state index in [0.717, 1.165) is 38.8 Å². The standard InChI is InChI=1S/C27H24BrClN2O4/c1-15-10-18(31(32)33)13-21-19-7-5-8-20(19)26(30-25(15)21)17-11-22(28)27(24(12-17)34-2)35-14-16-6-3-4-9-23(16)29/h3-7,9-13,19-20,26,30H,8,14H2,1-2H3/t19-,20-,26+/m1/s1. The van der Waals surface area contributed by atoms with E-state index in [0.29, 0.717) is 23.1 Å². The van der Waals surface area contributed by atoms with Crippen LogP contribution < -0.4 is 14.8 Å². The molecule has 0 radical (unpaired) electrons. The fraction of sp³-hybridized carbons (Fsp3) is 0.259. The summed E-state index contributed by atoms with van der Waals surface area (Å²) in [5.74, 6) is 1.57. The Morgan fingerprint density at radius 1 is 1.23 bits per heavy atom. The number of nitro benzene ring substituents is 1. The molecular formula is C27H24BrClN2O4. The molecule has 180 valence electrons. The van der Waals surface area contributed by atoms with E-state index in [9.17, 15) is 10.1 Å². The van der Waals surface area contributed by atoms with Gasteiger partial charge in [0.2, 0.25) is 0 Å². The highest BCUT2D eigenvalue weighted by Crippen LogP contribution is 2.52. The van der Waals surface area contributed by atoms with E-state index in [1.807, 2.05) is 37.3 Å². The second-order valence-electron chi connectivity index (χ2n) is 8.87. The molecule has 0 unspecified atom stereocenters. The Kier molecular flexibility index (Phi) is 6.47. The van der Waals surface area contributed by atoms with E-state index in [1.54, 1.807) is 19.2 Å². The van der Waals surface area contributed by atoms with Gasteiger partial charge in [-0.2, -0.15) is 0 Å². The normalized spacial score (nSPS) is 20.1. The molecule has 5 rings (SSSR count). The maximum atomic E-state index is 11.4. The van der Waals surface area contributed by atoms with Crippen LogP contribution in [0.25, 0.3) is 0 Å². The van der Waals surface area contributed by atoms with Gasteiger partial charge in [0.05, 0.1) is 22.5 Å². The number of aryl methyl sites for hydroxylation is 1. The molecule has 1 N–H and O–H groups in total. The van der Waals surface area contributed by atoms with Crippen LogP contribution in [-0.2, 0) is 6.61 Å². The van der Waals surface area contributed by atoms with Gasteiger partial charge in [0, 0.05) is 34.3 Å². The van der Waals surface area contributed by atoms with E-state index in [4.69, 9.17) is 21.1 Å². The fourth-order valence-corrected chi connectivity index (χ4v) is 5.89. The lowest BCUT2D eigenvalue weighted by Crippen LogP contribution is -2.29. The van der Waals surface area contributed by atoms with Crippen LogP contribution in [0, 0.1) is 23.0 Å². The number of methoxy groups -OCH3 is 1. The van der Waals surface area contributed by atoms with Crippen molar-refractivity contribution < 1.29 is 14.4 Å². The molecule has 3 atom stereocenters. The number of non-ortho nitro benzene ring substituents is 1. The van der Waals surface area contributed by atoms with Gasteiger partial charge in [0.25, 0.3) is 5.69 Å². The lowest BCUT2D eigenvalue weighted by atomic mass is 9.76. The predicted molar refractivity (Wildman–Crippen MR) is 141 cm³/mol. The van der Waals surface area contributed by atoms with Gasteiger partial charge in [0.1, 0.15) is 6.61 Å². The zero-order valence-corrected chi connectivity index (χ0v) is 21.6. The van der Waals surface area contributed by atoms with Crippen LogP contribution in [0.3, 0.4) is 0 Å². The Morgan fingerprint density at radius 3 is 2.77 bits per heavy atom. The smallest absolute Gasteiger partial charge is 0.270 e. The molecule has 2 aliphatic rings. The van der Waals surface area contributed by atoms with E-state index in [2.05, 4.69) is 39.5 Å². The maximum Gasteiger partial charge on any atom is 0.270 e. The molecule has 0 fully saturated rings. The molecule has 1 heterocycles. The number of benzene rings is 3. The summed E-state index contributed by atoms with van der Waals surface area (Å²) in [6, 6.07) is 15.0. The van der Waals surface area contributed by atoms with Crippen LogP contribution >= 0.6 is 27.5 Å². The SMILES string of the molecule is COc1cc([C@@H]2Nc3c(C)cc([N+](=O)[O-])cc3[C@@H]3C=CC[C@H]32)cc(Br)c1OCc1ccccc1Cl. The van der Waals surface area contributed by atoms with Crippen molar-refractivity contribution in [1.82, 2.24) is 0 Å². The van der Waals surface area contributed by atoms with Crippen LogP contribution in [0.2, 0.25) is 5.02 Å². The van der Waals surface area contributed by atoms with Crippen LogP contribution in [0.15, 0.2) is 65.2 Å². The monoisotopic (exact) mass is 554 g/mol. The van der Waals surface area contributed by atoms with Crippen molar-refractivity contribution in [2.45, 2.75) is 31.9 Å². The molecule has 0 amide bonds. The number of ether oxygens (including phenoxy) is 2. The molecule has 3 aromatic rings. The highest BCUT2D eigenvalue weighted by Gasteiger charge is 2.40. The highest BCUT2D eigenvalue weighted by molar-refractivity contribution is 9.10. The predicted octanol–water partition coefficient (Wildman–Crippen LogP) is 7.73. The zero-order valence-electron chi connectivity index (χ0n) is 19.3. The fourth-order valence-electron chi connectivity index (χ4n) is 5.13. The molecule has 0 saturated carbocycles. The van der Waals surface area contributed by atoms with Crippen LogP contribution in [0.5, 0.6) is 11.5 Å². The summed E-state index contributed by atoms with van der Waals surface area (Å²) in [5.41, 5.74) is 4.89. The van der Waals surface area contributed by atoms with Gasteiger partial charge in [-0.15, -0.1) is 0 Å². The number of hydrogen-bond donors (Lipinski definition) is 1. The summed E-state index contributed by atoms with van der Waals surface area (Å²) in [7, 11) is 1.63. The van der Waals surface area contributed by atoms with Gasteiger partial charge in [-0.1, -0.05) is 42.0 Å². The number of rotatable bonds is 6. The van der Waals surface area contributed by atoms with Crippen molar-refractivity contribution in [2.75, 3.05) is 12.4 Å². The summed E-state index contributed by atoms with van der Waals surface area (Å²) in [4.78, 5) is 11.1. The van der Waals surface area contributed by atoms with Crippen LogP contribution in [-0.4, -0.2) is 12.0 Å². The largest absolute Gasteiger partial charge is 0.493 e. The number of nitrogens with zero attached hydrogens (tertiary/aromatic N) is 1. The van der Waals surface area contributed by atoms with Crippen molar-refractivity contribution in [3.05, 3.63) is 103 Å². The Hall–Kier alpha value is -3.03. The van der Waals surface area contributed by atoms with Gasteiger partial charge in [-0.3, -0.25) is 10.1 Å². The first-order valence-electron chi connectivity index (χ1n) is 11.3. The molecule has 0 aromatic heterocycles. The van der Waals surface area contributed by atoms with E-state index >= 15 is 0 Å².